The highest BCUT2D eigenvalue weighted by atomic mass is 16.4. The van der Waals surface area contributed by atoms with Crippen LogP contribution in [0.2, 0.25) is 0 Å². The molecule has 16 heavy (non-hydrogen) atoms. The highest BCUT2D eigenvalue weighted by Crippen LogP contribution is 2.38. The fourth-order valence-corrected chi connectivity index (χ4v) is 2.58. The van der Waals surface area contributed by atoms with Gasteiger partial charge < -0.3 is 10.0 Å². The van der Waals surface area contributed by atoms with Crippen LogP contribution >= 0.6 is 0 Å². The number of carboxylic acids is 1. The molecule has 1 aromatic carbocycles. The highest BCUT2D eigenvalue weighted by molar-refractivity contribution is 5.73. The number of anilines is 1. The maximum atomic E-state index is 10.8. The lowest BCUT2D eigenvalue weighted by Gasteiger charge is -2.16. The number of benzene rings is 1. The summed E-state index contributed by atoms with van der Waals surface area (Å²) in [5.41, 5.74) is 3.41. The van der Waals surface area contributed by atoms with Gasteiger partial charge in [-0.3, -0.25) is 4.79 Å². The maximum absolute atomic E-state index is 10.8. The van der Waals surface area contributed by atoms with Gasteiger partial charge >= 0.3 is 5.97 Å². The number of likely N-dealkylation sites (N-methyl/N-ethyl adjacent to an activating group) is 1. The third-order valence-electron chi connectivity index (χ3n) is 3.22. The first-order valence-electron chi connectivity index (χ1n) is 5.72. The smallest absolute Gasteiger partial charge is 0.307 e. The van der Waals surface area contributed by atoms with Crippen LogP contribution in [-0.4, -0.2) is 24.2 Å². The van der Waals surface area contributed by atoms with Crippen LogP contribution in [0.4, 0.5) is 5.69 Å². The van der Waals surface area contributed by atoms with Gasteiger partial charge in [0.15, 0.2) is 0 Å². The van der Waals surface area contributed by atoms with Gasteiger partial charge in [-0.15, -0.1) is 0 Å². The molecule has 0 bridgehead atoms. The number of hydrogen-bond donors (Lipinski definition) is 1. The molecule has 1 atom stereocenters. The first kappa shape index (κ1) is 11.0. The van der Waals surface area contributed by atoms with Crippen LogP contribution in [0.1, 0.15) is 30.9 Å². The molecule has 1 N–H and O–H groups in total. The van der Waals surface area contributed by atoms with Crippen molar-refractivity contribution in [1.82, 2.24) is 0 Å². The molecule has 2 rings (SSSR count). The van der Waals surface area contributed by atoms with Crippen LogP contribution < -0.4 is 4.90 Å². The molecule has 0 radical (unpaired) electrons. The van der Waals surface area contributed by atoms with Gasteiger partial charge in [-0.25, -0.2) is 0 Å². The Balaban J connectivity index is 2.43. The average Bonchev–Trinajstić information content (AvgIpc) is 2.56. The molecule has 1 heterocycles. The molecular weight excluding hydrogens is 202 g/mol. The summed E-state index contributed by atoms with van der Waals surface area (Å²) >= 11 is 0. The van der Waals surface area contributed by atoms with Gasteiger partial charge in [-0.1, -0.05) is 19.1 Å². The zero-order valence-corrected chi connectivity index (χ0v) is 9.73. The molecule has 0 saturated heterocycles. The quantitative estimate of drug-likeness (QED) is 0.847. The Morgan fingerprint density at radius 2 is 2.31 bits per heavy atom. The van der Waals surface area contributed by atoms with E-state index in [2.05, 4.69) is 24.8 Å². The van der Waals surface area contributed by atoms with Crippen LogP contribution in [0.3, 0.4) is 0 Å². The summed E-state index contributed by atoms with van der Waals surface area (Å²) in [6, 6.07) is 5.98. The van der Waals surface area contributed by atoms with E-state index in [1.165, 1.54) is 11.3 Å². The molecule has 0 spiro atoms. The van der Waals surface area contributed by atoms with E-state index < -0.39 is 5.97 Å². The molecule has 0 fully saturated rings. The van der Waals surface area contributed by atoms with Crippen LogP contribution in [0.15, 0.2) is 18.2 Å². The van der Waals surface area contributed by atoms with Gasteiger partial charge in [-0.2, -0.15) is 0 Å². The minimum Gasteiger partial charge on any atom is -0.481 e. The normalized spacial score (nSPS) is 18.6. The second kappa shape index (κ2) is 4.16. The Kier molecular flexibility index (Phi) is 2.86. The monoisotopic (exact) mass is 219 g/mol. The van der Waals surface area contributed by atoms with E-state index in [9.17, 15) is 4.79 Å². The minimum atomic E-state index is -0.754. The molecule has 86 valence electrons. The van der Waals surface area contributed by atoms with Crippen molar-refractivity contribution in [2.45, 2.75) is 26.2 Å². The van der Waals surface area contributed by atoms with E-state index in [1.54, 1.807) is 0 Å². The minimum absolute atomic E-state index is 0.130. The molecule has 0 aliphatic carbocycles. The van der Waals surface area contributed by atoms with Crippen molar-refractivity contribution < 1.29 is 9.90 Å². The molecule has 1 unspecified atom stereocenters. The summed E-state index contributed by atoms with van der Waals surface area (Å²) < 4.78 is 0. The number of hydrogen-bond acceptors (Lipinski definition) is 2. The Bertz CT molecular complexity index is 414. The van der Waals surface area contributed by atoms with E-state index in [-0.39, 0.29) is 6.42 Å². The fraction of sp³-hybridized carbons (Fsp3) is 0.462. The second-order valence-corrected chi connectivity index (χ2v) is 4.36. The second-order valence-electron chi connectivity index (χ2n) is 4.36. The molecule has 0 amide bonds. The lowest BCUT2D eigenvalue weighted by molar-refractivity contribution is -0.136. The van der Waals surface area contributed by atoms with E-state index in [1.807, 2.05) is 12.1 Å². The summed E-state index contributed by atoms with van der Waals surface area (Å²) in [7, 11) is 0. The topological polar surface area (TPSA) is 40.5 Å². The zero-order chi connectivity index (χ0) is 11.7. The number of nitrogens with zero attached hydrogens (tertiary/aromatic N) is 1. The van der Waals surface area contributed by atoms with Crippen LogP contribution in [0.25, 0.3) is 0 Å². The van der Waals surface area contributed by atoms with Crippen molar-refractivity contribution in [2.24, 2.45) is 0 Å². The molecule has 3 heteroatoms. The standard InChI is InChI=1S/C13H17NO2/c1-3-14-8-9(2)13-10(7-12(15)16)5-4-6-11(13)14/h4-6,9H,3,7-8H2,1-2H3,(H,15,16). The predicted molar refractivity (Wildman–Crippen MR) is 64.1 cm³/mol. The molecule has 3 nitrogen and oxygen atoms in total. The van der Waals surface area contributed by atoms with Crippen molar-refractivity contribution in [3.8, 4) is 0 Å². The van der Waals surface area contributed by atoms with Crippen molar-refractivity contribution in [2.75, 3.05) is 18.0 Å². The van der Waals surface area contributed by atoms with E-state index in [4.69, 9.17) is 5.11 Å². The summed E-state index contributed by atoms with van der Waals surface area (Å²) in [6.07, 6.45) is 0.130. The fourth-order valence-electron chi connectivity index (χ4n) is 2.58. The molecule has 0 aromatic heterocycles. The van der Waals surface area contributed by atoms with Gasteiger partial charge in [0.2, 0.25) is 0 Å². The first-order valence-corrected chi connectivity index (χ1v) is 5.72. The number of fused-ring (bicyclic) bond motifs is 1. The third-order valence-corrected chi connectivity index (χ3v) is 3.22. The van der Waals surface area contributed by atoms with Gasteiger partial charge in [0.25, 0.3) is 0 Å². The number of carbonyl (C=O) groups is 1. The van der Waals surface area contributed by atoms with Crippen LogP contribution in [0.5, 0.6) is 0 Å². The van der Waals surface area contributed by atoms with Crippen molar-refractivity contribution in [3.63, 3.8) is 0 Å². The lowest BCUT2D eigenvalue weighted by Crippen LogP contribution is -2.20. The highest BCUT2D eigenvalue weighted by Gasteiger charge is 2.27. The number of carboxylic acid groups (broad SMARTS) is 1. The first-order chi connectivity index (χ1) is 7.63. The van der Waals surface area contributed by atoms with Crippen molar-refractivity contribution in [1.29, 1.82) is 0 Å². The number of rotatable bonds is 3. The Hall–Kier alpha value is -1.51. The Morgan fingerprint density at radius 1 is 1.56 bits per heavy atom. The van der Waals surface area contributed by atoms with Gasteiger partial charge in [0, 0.05) is 24.7 Å². The maximum Gasteiger partial charge on any atom is 0.307 e. The SMILES string of the molecule is CCN1CC(C)c2c(CC(=O)O)cccc21. The zero-order valence-electron chi connectivity index (χ0n) is 9.73. The van der Waals surface area contributed by atoms with Gasteiger partial charge in [0.05, 0.1) is 6.42 Å². The van der Waals surface area contributed by atoms with E-state index in [0.29, 0.717) is 5.92 Å². The average molecular weight is 219 g/mol. The van der Waals surface area contributed by atoms with Crippen LogP contribution in [0, 0.1) is 0 Å². The van der Waals surface area contributed by atoms with E-state index >= 15 is 0 Å². The third kappa shape index (κ3) is 1.77. The van der Waals surface area contributed by atoms with Crippen molar-refractivity contribution >= 4 is 11.7 Å². The molecule has 1 aromatic rings. The molecule has 0 saturated carbocycles. The largest absolute Gasteiger partial charge is 0.481 e. The molecular formula is C13H17NO2. The molecule has 1 aliphatic rings. The molecule has 1 aliphatic heterocycles. The Morgan fingerprint density at radius 3 is 2.94 bits per heavy atom. The Labute approximate surface area is 95.7 Å². The predicted octanol–water partition coefficient (Wildman–Crippen LogP) is 2.26. The van der Waals surface area contributed by atoms with Gasteiger partial charge in [-0.05, 0) is 24.1 Å². The summed E-state index contributed by atoms with van der Waals surface area (Å²) in [4.78, 5) is 13.1. The lowest BCUT2D eigenvalue weighted by atomic mass is 9.95. The van der Waals surface area contributed by atoms with Crippen molar-refractivity contribution in [3.05, 3.63) is 29.3 Å². The van der Waals surface area contributed by atoms with Crippen LogP contribution in [-0.2, 0) is 11.2 Å². The number of aliphatic carboxylic acids is 1. The summed E-state index contributed by atoms with van der Waals surface area (Å²) in [5, 5.41) is 8.89. The summed E-state index contributed by atoms with van der Waals surface area (Å²) in [5.74, 6) is -0.318. The van der Waals surface area contributed by atoms with E-state index in [0.717, 1.165) is 18.7 Å². The summed E-state index contributed by atoms with van der Waals surface area (Å²) in [6.45, 7) is 6.28. The van der Waals surface area contributed by atoms with Gasteiger partial charge in [0.1, 0.15) is 0 Å².